The molecule has 42 heavy (non-hydrogen) atoms. The first-order valence-corrected chi connectivity index (χ1v) is 15.3. The van der Waals surface area contributed by atoms with Crippen molar-refractivity contribution in [3.63, 3.8) is 0 Å². The zero-order valence-corrected chi connectivity index (χ0v) is 26.4. The van der Waals surface area contributed by atoms with Crippen molar-refractivity contribution >= 4 is 18.1 Å². The second-order valence-electron chi connectivity index (χ2n) is 13.1. The number of likely N-dealkylation sites (tertiary alicyclic amines) is 2. The first-order chi connectivity index (χ1) is 19.9. The number of hydrogen-bond donors (Lipinski definition) is 1. The Morgan fingerprint density at radius 3 is 2.31 bits per heavy atom. The van der Waals surface area contributed by atoms with Gasteiger partial charge in [0.15, 0.2) is 0 Å². The molecular formula is C34H51N3O5. The number of aliphatic imine (C=N–C) groups is 1. The summed E-state index contributed by atoms with van der Waals surface area (Å²) in [5.41, 5.74) is 3.24. The van der Waals surface area contributed by atoms with Gasteiger partial charge < -0.3 is 24.4 Å². The topological polar surface area (TPSA) is 91.7 Å². The molecule has 3 aliphatic rings. The minimum atomic E-state index is -0.217. The molecule has 3 saturated heterocycles. The molecule has 1 spiro atoms. The predicted molar refractivity (Wildman–Crippen MR) is 168 cm³/mol. The monoisotopic (exact) mass is 581 g/mol. The van der Waals surface area contributed by atoms with Crippen LogP contribution in [0.15, 0.2) is 53.2 Å². The number of hydrogen-bond acceptors (Lipinski definition) is 7. The van der Waals surface area contributed by atoms with Crippen molar-refractivity contribution in [2.45, 2.75) is 83.8 Å². The Balaban J connectivity index is 0.000000521. The number of aliphatic hydroxyl groups is 1. The van der Waals surface area contributed by atoms with Gasteiger partial charge in [-0.15, -0.1) is 0 Å². The minimum absolute atomic E-state index is 0.0364. The molecule has 4 rings (SSSR count). The van der Waals surface area contributed by atoms with Gasteiger partial charge in [0, 0.05) is 32.2 Å². The van der Waals surface area contributed by atoms with Crippen LogP contribution in [0, 0.1) is 5.41 Å². The molecule has 3 fully saturated rings. The molecule has 1 aromatic carbocycles. The molecule has 1 amide bonds. The number of amides is 1. The average molecular weight is 582 g/mol. The minimum Gasteiger partial charge on any atom is -0.488 e. The highest BCUT2D eigenvalue weighted by atomic mass is 16.6. The first kappa shape index (κ1) is 33.5. The third kappa shape index (κ3) is 10.4. The zero-order valence-electron chi connectivity index (χ0n) is 26.4. The number of nitrogens with zero attached hydrogens (tertiary/aromatic N) is 3. The van der Waals surface area contributed by atoms with Gasteiger partial charge in [0.2, 0.25) is 0 Å². The third-order valence-electron chi connectivity index (χ3n) is 8.05. The third-order valence-corrected chi connectivity index (χ3v) is 8.05. The van der Waals surface area contributed by atoms with Crippen molar-refractivity contribution < 1.29 is 24.2 Å². The van der Waals surface area contributed by atoms with Crippen LogP contribution in [0.25, 0.3) is 0 Å². The molecule has 1 atom stereocenters. The van der Waals surface area contributed by atoms with E-state index in [0.717, 1.165) is 87.6 Å². The fraction of sp³-hybridized carbons (Fsp3) is 0.618. The van der Waals surface area contributed by atoms with E-state index in [9.17, 15) is 9.59 Å². The first-order valence-electron chi connectivity index (χ1n) is 15.3. The largest absolute Gasteiger partial charge is 0.488 e. The van der Waals surface area contributed by atoms with Crippen LogP contribution < -0.4 is 0 Å². The van der Waals surface area contributed by atoms with E-state index in [1.807, 2.05) is 30.2 Å². The highest BCUT2D eigenvalue weighted by Gasteiger charge is 2.38. The standard InChI is InChI=1S/C28H38N2O4.C6H13NO/c1-21-24(18-25(29-5)23-10-8-22(19-31)9-11-23)12-15-28(34-21)13-6-16-30(17-7-14-28)26(32)33-20-27(2,3)4;1-7-4-2-3-6(8)5-7/h8-11,18-19H,1,6-7,12-17,20H2,2-5H3;6,8H,2-5H2,1H3/b24-18-,29-25?;. The molecular weight excluding hydrogens is 530 g/mol. The number of β-amino-alcohol motifs (C(OH)–C–C–N with tert-alkyl or cyclic N) is 1. The number of rotatable bonds is 4. The van der Waals surface area contributed by atoms with Crippen LogP contribution in [0.4, 0.5) is 4.79 Å². The molecule has 0 aliphatic carbocycles. The van der Waals surface area contributed by atoms with Gasteiger partial charge in [0.05, 0.1) is 18.4 Å². The van der Waals surface area contributed by atoms with Gasteiger partial charge in [-0.2, -0.15) is 0 Å². The number of allylic oxidation sites excluding steroid dienone is 2. The van der Waals surface area contributed by atoms with E-state index in [1.165, 1.54) is 0 Å². The smallest absolute Gasteiger partial charge is 0.409 e. The van der Waals surface area contributed by atoms with Crippen LogP contribution in [-0.4, -0.2) is 91.6 Å². The average Bonchev–Trinajstić information content (AvgIpc) is 2.93. The van der Waals surface area contributed by atoms with Crippen molar-refractivity contribution in [3.05, 3.63) is 59.4 Å². The number of piperidine rings is 1. The van der Waals surface area contributed by atoms with E-state index in [2.05, 4.69) is 37.2 Å². The molecule has 232 valence electrons. The summed E-state index contributed by atoms with van der Waals surface area (Å²) >= 11 is 0. The molecule has 3 heterocycles. The Morgan fingerprint density at radius 2 is 1.81 bits per heavy atom. The molecule has 0 aromatic heterocycles. The Hall–Kier alpha value is -2.97. The highest BCUT2D eigenvalue weighted by Crippen LogP contribution is 2.41. The van der Waals surface area contributed by atoms with Crippen molar-refractivity contribution in [1.82, 2.24) is 9.80 Å². The summed E-state index contributed by atoms with van der Waals surface area (Å²) in [5, 5.41) is 9.04. The van der Waals surface area contributed by atoms with Gasteiger partial charge in [-0.25, -0.2) is 4.79 Å². The van der Waals surface area contributed by atoms with E-state index in [4.69, 9.17) is 14.6 Å². The molecule has 3 aliphatic heterocycles. The number of carbonyl (C=O) groups is 2. The summed E-state index contributed by atoms with van der Waals surface area (Å²) in [6.07, 6.45) is 10.1. The quantitative estimate of drug-likeness (QED) is 0.344. The molecule has 8 heteroatoms. The SMILES string of the molecule is C=C1OC2(CCCN(C(=O)OCC(C)(C)C)CCC2)CC/C1=C/C(=NC)c1ccc(C=O)cc1.CN1CCCC(O)C1. The van der Waals surface area contributed by atoms with E-state index in [-0.39, 0.29) is 23.2 Å². The van der Waals surface area contributed by atoms with Crippen molar-refractivity contribution in [2.75, 3.05) is 46.9 Å². The Morgan fingerprint density at radius 1 is 1.14 bits per heavy atom. The second kappa shape index (κ2) is 15.5. The summed E-state index contributed by atoms with van der Waals surface area (Å²) in [6, 6.07) is 7.40. The maximum atomic E-state index is 12.5. The van der Waals surface area contributed by atoms with Crippen LogP contribution in [-0.2, 0) is 9.47 Å². The van der Waals surface area contributed by atoms with Crippen LogP contribution in [0.5, 0.6) is 0 Å². The summed E-state index contributed by atoms with van der Waals surface area (Å²) in [6.45, 7) is 14.2. The lowest BCUT2D eigenvalue weighted by molar-refractivity contribution is -0.0413. The predicted octanol–water partition coefficient (Wildman–Crippen LogP) is 6.04. The number of carbonyl (C=O) groups excluding carboxylic acids is 2. The summed E-state index contributed by atoms with van der Waals surface area (Å²) in [5.74, 6) is 0.707. The van der Waals surface area contributed by atoms with Crippen LogP contribution in [0.2, 0.25) is 0 Å². The van der Waals surface area contributed by atoms with Gasteiger partial charge in [0.1, 0.15) is 17.6 Å². The lowest BCUT2D eigenvalue weighted by Crippen LogP contribution is -2.42. The number of aliphatic hydroxyl groups excluding tert-OH is 1. The van der Waals surface area contributed by atoms with Crippen molar-refractivity contribution in [2.24, 2.45) is 10.4 Å². The maximum Gasteiger partial charge on any atom is 0.409 e. The van der Waals surface area contributed by atoms with Crippen LogP contribution in [0.3, 0.4) is 0 Å². The fourth-order valence-electron chi connectivity index (χ4n) is 5.67. The van der Waals surface area contributed by atoms with Gasteiger partial charge >= 0.3 is 6.09 Å². The Kier molecular flexibility index (Phi) is 12.4. The van der Waals surface area contributed by atoms with Gasteiger partial charge in [0.25, 0.3) is 0 Å². The van der Waals surface area contributed by atoms with E-state index >= 15 is 0 Å². The number of aldehydes is 1. The van der Waals surface area contributed by atoms with Crippen LogP contribution >= 0.6 is 0 Å². The maximum absolute atomic E-state index is 12.5. The van der Waals surface area contributed by atoms with Crippen molar-refractivity contribution in [3.8, 4) is 0 Å². The summed E-state index contributed by atoms with van der Waals surface area (Å²) < 4.78 is 12.0. The number of benzene rings is 1. The van der Waals surface area contributed by atoms with Gasteiger partial charge in [-0.3, -0.25) is 9.79 Å². The molecule has 1 N–H and O–H groups in total. The molecule has 8 nitrogen and oxygen atoms in total. The normalized spacial score (nSPS) is 22.9. The van der Waals surface area contributed by atoms with Crippen molar-refractivity contribution in [1.29, 1.82) is 0 Å². The molecule has 1 aromatic rings. The Labute approximate surface area is 252 Å². The van der Waals surface area contributed by atoms with E-state index in [1.54, 1.807) is 19.2 Å². The van der Waals surface area contributed by atoms with Crippen LogP contribution in [0.1, 0.15) is 88.1 Å². The summed E-state index contributed by atoms with van der Waals surface area (Å²) in [7, 11) is 3.81. The summed E-state index contributed by atoms with van der Waals surface area (Å²) in [4.78, 5) is 31.8. The Bertz CT molecular complexity index is 1100. The highest BCUT2D eigenvalue weighted by molar-refractivity contribution is 6.09. The zero-order chi connectivity index (χ0) is 30.8. The second-order valence-corrected chi connectivity index (χ2v) is 13.1. The van der Waals surface area contributed by atoms with Gasteiger partial charge in [-0.05, 0) is 87.6 Å². The lowest BCUT2D eigenvalue weighted by Gasteiger charge is -2.42. The number of ether oxygens (including phenoxy) is 2. The molecule has 0 bridgehead atoms. The lowest BCUT2D eigenvalue weighted by atomic mass is 9.82. The molecule has 0 saturated carbocycles. The fourth-order valence-corrected chi connectivity index (χ4v) is 5.67. The van der Waals surface area contributed by atoms with Gasteiger partial charge in [-0.1, -0.05) is 51.6 Å². The van der Waals surface area contributed by atoms with E-state index in [0.29, 0.717) is 31.0 Å². The number of likely N-dealkylation sites (N-methyl/N-ethyl adjacent to an activating group) is 1. The van der Waals surface area contributed by atoms with E-state index < -0.39 is 0 Å². The molecule has 0 radical (unpaired) electrons. The molecule has 1 unspecified atom stereocenters.